The first-order valence-electron chi connectivity index (χ1n) is 6.40. The van der Waals surface area contributed by atoms with Crippen LogP contribution in [0.25, 0.3) is 11.5 Å². The Hall–Kier alpha value is -3.02. The van der Waals surface area contributed by atoms with E-state index in [2.05, 4.69) is 20.5 Å². The number of nitrogens with zero attached hydrogens (tertiary/aromatic N) is 3. The molecular formula is C15H12N4O2. The third-order valence-corrected chi connectivity index (χ3v) is 2.79. The molecule has 3 aromatic rings. The predicted molar refractivity (Wildman–Crippen MR) is 75.1 cm³/mol. The fourth-order valence-electron chi connectivity index (χ4n) is 1.77. The van der Waals surface area contributed by atoms with Gasteiger partial charge in [0.2, 0.25) is 11.8 Å². The number of rotatable bonds is 4. The summed E-state index contributed by atoms with van der Waals surface area (Å²) in [4.78, 5) is 15.8. The number of hydrogen-bond acceptors (Lipinski definition) is 5. The minimum absolute atomic E-state index is 0.162. The molecule has 1 aromatic carbocycles. The third-order valence-electron chi connectivity index (χ3n) is 2.79. The zero-order valence-electron chi connectivity index (χ0n) is 11.1. The molecule has 0 unspecified atom stereocenters. The Morgan fingerprint density at radius 2 is 1.86 bits per heavy atom. The van der Waals surface area contributed by atoms with Gasteiger partial charge < -0.3 is 9.73 Å². The summed E-state index contributed by atoms with van der Waals surface area (Å²) in [5.74, 6) is 0.492. The highest BCUT2D eigenvalue weighted by Crippen LogP contribution is 2.16. The van der Waals surface area contributed by atoms with E-state index in [1.54, 1.807) is 24.4 Å². The molecule has 0 radical (unpaired) electrons. The van der Waals surface area contributed by atoms with Crippen LogP contribution in [0.5, 0.6) is 0 Å². The largest absolute Gasteiger partial charge is 0.419 e. The summed E-state index contributed by atoms with van der Waals surface area (Å²) in [6.07, 6.45) is 1.56. The molecular weight excluding hydrogens is 268 g/mol. The van der Waals surface area contributed by atoms with Crippen molar-refractivity contribution in [1.29, 1.82) is 0 Å². The van der Waals surface area contributed by atoms with Crippen molar-refractivity contribution in [2.45, 2.75) is 6.54 Å². The van der Waals surface area contributed by atoms with Crippen molar-refractivity contribution in [2.24, 2.45) is 0 Å². The Bertz CT molecular complexity index is 726. The summed E-state index contributed by atoms with van der Waals surface area (Å²) in [6.45, 7) is 0.162. The first kappa shape index (κ1) is 13.0. The monoisotopic (exact) mass is 280 g/mol. The van der Waals surface area contributed by atoms with E-state index >= 15 is 0 Å². The second kappa shape index (κ2) is 5.96. The van der Waals surface area contributed by atoms with Gasteiger partial charge in [0.1, 0.15) is 5.69 Å². The molecule has 3 rings (SSSR count). The number of carbonyl (C=O) groups is 1. The van der Waals surface area contributed by atoms with Gasteiger partial charge in [-0.2, -0.15) is 0 Å². The van der Waals surface area contributed by atoms with Crippen LogP contribution in [0.3, 0.4) is 0 Å². The highest BCUT2D eigenvalue weighted by molar-refractivity contribution is 5.92. The van der Waals surface area contributed by atoms with Gasteiger partial charge in [-0.3, -0.25) is 9.78 Å². The van der Waals surface area contributed by atoms with E-state index in [4.69, 9.17) is 4.42 Å². The summed E-state index contributed by atoms with van der Waals surface area (Å²) in [5, 5.41) is 10.5. The first-order valence-corrected chi connectivity index (χ1v) is 6.40. The van der Waals surface area contributed by atoms with Gasteiger partial charge in [0.05, 0.1) is 6.54 Å². The van der Waals surface area contributed by atoms with Gasteiger partial charge in [-0.05, 0) is 24.3 Å². The van der Waals surface area contributed by atoms with E-state index in [1.165, 1.54) is 0 Å². The van der Waals surface area contributed by atoms with Crippen LogP contribution in [0.4, 0.5) is 0 Å². The molecule has 21 heavy (non-hydrogen) atoms. The quantitative estimate of drug-likeness (QED) is 0.791. The SMILES string of the molecule is O=C(NCc1nnc(-c2ccccc2)o1)c1ccccn1. The summed E-state index contributed by atoms with van der Waals surface area (Å²) < 4.78 is 5.50. The van der Waals surface area contributed by atoms with Crippen molar-refractivity contribution >= 4 is 5.91 Å². The Morgan fingerprint density at radius 3 is 2.62 bits per heavy atom. The smallest absolute Gasteiger partial charge is 0.270 e. The van der Waals surface area contributed by atoms with Gasteiger partial charge in [0.25, 0.3) is 5.91 Å². The molecule has 2 aromatic heterocycles. The number of carbonyl (C=O) groups excluding carboxylic acids is 1. The van der Waals surface area contributed by atoms with Crippen LogP contribution in [-0.4, -0.2) is 21.1 Å². The summed E-state index contributed by atoms with van der Waals surface area (Å²) in [5.41, 5.74) is 1.19. The van der Waals surface area contributed by atoms with Crippen LogP contribution in [0.1, 0.15) is 16.4 Å². The van der Waals surface area contributed by atoms with E-state index in [1.807, 2.05) is 30.3 Å². The van der Waals surface area contributed by atoms with Crippen molar-refractivity contribution in [3.05, 3.63) is 66.3 Å². The van der Waals surface area contributed by atoms with Crippen LogP contribution in [0, 0.1) is 0 Å². The van der Waals surface area contributed by atoms with Crippen LogP contribution >= 0.6 is 0 Å². The average molecular weight is 280 g/mol. The predicted octanol–water partition coefficient (Wildman–Crippen LogP) is 2.06. The standard InChI is InChI=1S/C15H12N4O2/c20-14(12-8-4-5-9-16-12)17-10-13-18-19-15(21-13)11-6-2-1-3-7-11/h1-9H,10H2,(H,17,20). The Labute approximate surface area is 120 Å². The molecule has 0 saturated carbocycles. The molecule has 104 valence electrons. The molecule has 1 amide bonds. The number of amides is 1. The minimum atomic E-state index is -0.282. The molecule has 0 fully saturated rings. The Morgan fingerprint density at radius 1 is 1.05 bits per heavy atom. The third kappa shape index (κ3) is 3.11. The molecule has 0 bridgehead atoms. The number of aromatic nitrogens is 3. The summed E-state index contributed by atoms with van der Waals surface area (Å²) >= 11 is 0. The molecule has 0 aliphatic heterocycles. The lowest BCUT2D eigenvalue weighted by molar-refractivity contribution is 0.0942. The fraction of sp³-hybridized carbons (Fsp3) is 0.0667. The van der Waals surface area contributed by atoms with Gasteiger partial charge in [0.15, 0.2) is 0 Å². The van der Waals surface area contributed by atoms with Crippen molar-refractivity contribution in [1.82, 2.24) is 20.5 Å². The first-order chi connectivity index (χ1) is 10.3. The summed E-state index contributed by atoms with van der Waals surface area (Å²) in [6, 6.07) is 14.6. The van der Waals surface area contributed by atoms with Crippen LogP contribution in [0.2, 0.25) is 0 Å². The van der Waals surface area contributed by atoms with Crippen molar-refractivity contribution in [3.63, 3.8) is 0 Å². The number of benzene rings is 1. The lowest BCUT2D eigenvalue weighted by atomic mass is 10.2. The maximum Gasteiger partial charge on any atom is 0.270 e. The topological polar surface area (TPSA) is 80.9 Å². The van der Waals surface area contributed by atoms with Crippen LogP contribution in [-0.2, 0) is 6.54 Å². The van der Waals surface area contributed by atoms with Gasteiger partial charge >= 0.3 is 0 Å². The van der Waals surface area contributed by atoms with E-state index in [0.29, 0.717) is 17.5 Å². The van der Waals surface area contributed by atoms with E-state index in [9.17, 15) is 4.79 Å². The van der Waals surface area contributed by atoms with Gasteiger partial charge in [0, 0.05) is 11.8 Å². The van der Waals surface area contributed by atoms with Gasteiger partial charge in [-0.1, -0.05) is 24.3 Å². The zero-order chi connectivity index (χ0) is 14.5. The zero-order valence-corrected chi connectivity index (χ0v) is 11.1. The van der Waals surface area contributed by atoms with Gasteiger partial charge in [-0.15, -0.1) is 10.2 Å². The highest BCUT2D eigenvalue weighted by Gasteiger charge is 2.10. The molecule has 0 atom stereocenters. The second-order valence-electron chi connectivity index (χ2n) is 4.26. The molecule has 1 N–H and O–H groups in total. The molecule has 6 nitrogen and oxygen atoms in total. The molecule has 2 heterocycles. The fourth-order valence-corrected chi connectivity index (χ4v) is 1.77. The normalized spacial score (nSPS) is 10.3. The van der Waals surface area contributed by atoms with E-state index < -0.39 is 0 Å². The van der Waals surface area contributed by atoms with E-state index in [-0.39, 0.29) is 12.5 Å². The minimum Gasteiger partial charge on any atom is -0.419 e. The average Bonchev–Trinajstić information content (AvgIpc) is 3.03. The van der Waals surface area contributed by atoms with E-state index in [0.717, 1.165) is 5.56 Å². The number of nitrogens with one attached hydrogen (secondary N) is 1. The lowest BCUT2D eigenvalue weighted by Crippen LogP contribution is -2.23. The molecule has 0 saturated heterocycles. The lowest BCUT2D eigenvalue weighted by Gasteiger charge is -2.00. The Kier molecular flexibility index (Phi) is 3.68. The number of pyridine rings is 1. The summed E-state index contributed by atoms with van der Waals surface area (Å²) in [7, 11) is 0. The highest BCUT2D eigenvalue weighted by atomic mass is 16.4. The molecule has 0 aliphatic carbocycles. The van der Waals surface area contributed by atoms with Crippen molar-refractivity contribution in [3.8, 4) is 11.5 Å². The molecule has 0 aliphatic rings. The van der Waals surface area contributed by atoms with Gasteiger partial charge in [-0.25, -0.2) is 0 Å². The van der Waals surface area contributed by atoms with Crippen molar-refractivity contribution in [2.75, 3.05) is 0 Å². The van der Waals surface area contributed by atoms with Crippen LogP contribution < -0.4 is 5.32 Å². The van der Waals surface area contributed by atoms with Crippen LogP contribution in [0.15, 0.2) is 59.1 Å². The Balaban J connectivity index is 1.64. The number of hydrogen-bond donors (Lipinski definition) is 1. The molecule has 0 spiro atoms. The maximum atomic E-state index is 11.8. The van der Waals surface area contributed by atoms with Crippen molar-refractivity contribution < 1.29 is 9.21 Å². The maximum absolute atomic E-state index is 11.8. The molecule has 6 heteroatoms. The second-order valence-corrected chi connectivity index (χ2v) is 4.26.